The van der Waals surface area contributed by atoms with Gasteiger partial charge in [0.05, 0.1) is 6.10 Å². The van der Waals surface area contributed by atoms with Gasteiger partial charge in [0.1, 0.15) is 5.76 Å². The minimum absolute atomic E-state index is 0.129. The van der Waals surface area contributed by atoms with E-state index in [1.807, 2.05) is 20.8 Å². The summed E-state index contributed by atoms with van der Waals surface area (Å²) in [7, 11) is 0. The van der Waals surface area contributed by atoms with E-state index in [4.69, 9.17) is 16.3 Å². The summed E-state index contributed by atoms with van der Waals surface area (Å²) in [5, 5.41) is 0.452. The maximum Gasteiger partial charge on any atom is 0.123 e. The first-order valence-corrected chi connectivity index (χ1v) is 4.20. The third-order valence-electron chi connectivity index (χ3n) is 1.07. The molecule has 68 valence electrons. The van der Waals surface area contributed by atoms with Crippen LogP contribution in [-0.4, -0.2) is 6.10 Å². The van der Waals surface area contributed by atoms with Gasteiger partial charge in [-0.15, -0.1) is 0 Å². The molecule has 0 fully saturated rings. The highest BCUT2D eigenvalue weighted by molar-refractivity contribution is 6.30. The SMILES string of the molecule is C=C(Cl)/C=C(/OC(C)C)C(=C)C. The first kappa shape index (κ1) is 11.3. The Morgan fingerprint density at radius 2 is 1.92 bits per heavy atom. The third-order valence-corrected chi connectivity index (χ3v) is 1.18. The van der Waals surface area contributed by atoms with E-state index in [2.05, 4.69) is 13.2 Å². The number of halogens is 1. The molecule has 0 rings (SSSR count). The molecule has 0 atom stereocenters. The monoisotopic (exact) mass is 186 g/mol. The van der Waals surface area contributed by atoms with E-state index >= 15 is 0 Å². The maximum atomic E-state index is 5.61. The number of hydrogen-bond donors (Lipinski definition) is 0. The van der Waals surface area contributed by atoms with Crippen molar-refractivity contribution in [3.8, 4) is 0 Å². The van der Waals surface area contributed by atoms with Gasteiger partial charge >= 0.3 is 0 Å². The van der Waals surface area contributed by atoms with E-state index in [1.54, 1.807) is 6.08 Å². The lowest BCUT2D eigenvalue weighted by atomic mass is 10.2. The third kappa shape index (κ3) is 5.03. The van der Waals surface area contributed by atoms with Crippen LogP contribution in [-0.2, 0) is 4.74 Å². The largest absolute Gasteiger partial charge is 0.491 e. The minimum Gasteiger partial charge on any atom is -0.491 e. The van der Waals surface area contributed by atoms with Crippen molar-refractivity contribution in [1.29, 1.82) is 0 Å². The molecule has 0 radical (unpaired) electrons. The number of hydrogen-bond acceptors (Lipinski definition) is 1. The van der Waals surface area contributed by atoms with Crippen molar-refractivity contribution < 1.29 is 4.74 Å². The normalized spacial score (nSPS) is 11.6. The minimum atomic E-state index is 0.129. The van der Waals surface area contributed by atoms with Gasteiger partial charge < -0.3 is 4.74 Å². The Kier molecular flexibility index (Phi) is 4.75. The fourth-order valence-corrected chi connectivity index (χ4v) is 0.753. The summed E-state index contributed by atoms with van der Waals surface area (Å²) >= 11 is 5.61. The van der Waals surface area contributed by atoms with Crippen LogP contribution in [0.15, 0.2) is 35.6 Å². The Hall–Kier alpha value is -0.690. The van der Waals surface area contributed by atoms with Crippen LogP contribution in [0.5, 0.6) is 0 Å². The van der Waals surface area contributed by atoms with E-state index < -0.39 is 0 Å². The molecule has 0 saturated carbocycles. The molecule has 0 saturated heterocycles. The molecule has 0 N–H and O–H groups in total. The van der Waals surface area contributed by atoms with Crippen LogP contribution in [0.1, 0.15) is 20.8 Å². The Morgan fingerprint density at radius 1 is 1.42 bits per heavy atom. The predicted octanol–water partition coefficient (Wildman–Crippen LogP) is 3.62. The molecule has 2 heteroatoms. The predicted molar refractivity (Wildman–Crippen MR) is 54.1 cm³/mol. The van der Waals surface area contributed by atoms with Crippen LogP contribution in [0.3, 0.4) is 0 Å². The van der Waals surface area contributed by atoms with Crippen LogP contribution in [0.2, 0.25) is 0 Å². The molecule has 0 aromatic rings. The summed E-state index contributed by atoms with van der Waals surface area (Å²) in [6.45, 7) is 13.1. The summed E-state index contributed by atoms with van der Waals surface area (Å²) < 4.78 is 5.44. The average Bonchev–Trinajstić information content (AvgIpc) is 1.83. The van der Waals surface area contributed by atoms with E-state index in [1.165, 1.54) is 0 Å². The molecule has 1 nitrogen and oxygen atoms in total. The van der Waals surface area contributed by atoms with E-state index in [-0.39, 0.29) is 6.10 Å². The molecular weight excluding hydrogens is 172 g/mol. The molecule has 0 bridgehead atoms. The first-order chi connectivity index (χ1) is 5.43. The highest BCUT2D eigenvalue weighted by Gasteiger charge is 2.01. The maximum absolute atomic E-state index is 5.61. The molecule has 0 aromatic carbocycles. The lowest BCUT2D eigenvalue weighted by Crippen LogP contribution is -2.02. The Labute approximate surface area is 79.4 Å². The van der Waals surface area contributed by atoms with Gasteiger partial charge in [0, 0.05) is 5.03 Å². The summed E-state index contributed by atoms with van der Waals surface area (Å²) in [6, 6.07) is 0. The highest BCUT2D eigenvalue weighted by Crippen LogP contribution is 2.15. The quantitative estimate of drug-likeness (QED) is 0.481. The van der Waals surface area contributed by atoms with Crippen molar-refractivity contribution in [2.75, 3.05) is 0 Å². The smallest absolute Gasteiger partial charge is 0.123 e. The molecular formula is C10H15ClO. The van der Waals surface area contributed by atoms with Gasteiger partial charge in [-0.1, -0.05) is 24.8 Å². The van der Waals surface area contributed by atoms with Crippen LogP contribution < -0.4 is 0 Å². The van der Waals surface area contributed by atoms with Crippen molar-refractivity contribution in [2.24, 2.45) is 0 Å². The fourth-order valence-electron chi connectivity index (χ4n) is 0.654. The highest BCUT2D eigenvalue weighted by atomic mass is 35.5. The van der Waals surface area contributed by atoms with Crippen molar-refractivity contribution in [1.82, 2.24) is 0 Å². The molecule has 0 amide bonds. The van der Waals surface area contributed by atoms with Crippen LogP contribution >= 0.6 is 11.6 Å². The van der Waals surface area contributed by atoms with Gasteiger partial charge in [-0.05, 0) is 32.4 Å². The molecule has 0 heterocycles. The summed E-state index contributed by atoms with van der Waals surface area (Å²) in [5.41, 5.74) is 0.852. The topological polar surface area (TPSA) is 9.23 Å². The lowest BCUT2D eigenvalue weighted by molar-refractivity contribution is 0.154. The second kappa shape index (κ2) is 5.04. The zero-order chi connectivity index (χ0) is 9.72. The molecule has 12 heavy (non-hydrogen) atoms. The number of allylic oxidation sites excluding steroid dienone is 3. The molecule has 0 aliphatic carbocycles. The Balaban J connectivity index is 4.44. The van der Waals surface area contributed by atoms with Crippen molar-refractivity contribution in [3.05, 3.63) is 35.6 Å². The van der Waals surface area contributed by atoms with Crippen LogP contribution in [0, 0.1) is 0 Å². The van der Waals surface area contributed by atoms with Gasteiger partial charge in [-0.3, -0.25) is 0 Å². The van der Waals surface area contributed by atoms with Crippen LogP contribution in [0.25, 0.3) is 0 Å². The summed E-state index contributed by atoms with van der Waals surface area (Å²) in [4.78, 5) is 0. The Bertz CT molecular complexity index is 214. The van der Waals surface area contributed by atoms with E-state index in [9.17, 15) is 0 Å². The molecule has 0 aliphatic heterocycles. The standard InChI is InChI=1S/C10H15ClO/c1-7(2)10(6-9(5)11)12-8(3)4/h6,8H,1,5H2,2-4H3/b10-6+. The van der Waals surface area contributed by atoms with Gasteiger partial charge in [-0.25, -0.2) is 0 Å². The zero-order valence-electron chi connectivity index (χ0n) is 7.86. The zero-order valence-corrected chi connectivity index (χ0v) is 8.61. The van der Waals surface area contributed by atoms with Gasteiger partial charge in [0.25, 0.3) is 0 Å². The van der Waals surface area contributed by atoms with E-state index in [0.29, 0.717) is 10.8 Å². The van der Waals surface area contributed by atoms with E-state index in [0.717, 1.165) is 5.57 Å². The molecule has 0 unspecified atom stereocenters. The van der Waals surface area contributed by atoms with Crippen molar-refractivity contribution in [3.63, 3.8) is 0 Å². The fraction of sp³-hybridized carbons (Fsp3) is 0.400. The Morgan fingerprint density at radius 3 is 2.17 bits per heavy atom. The number of ether oxygens (including phenoxy) is 1. The average molecular weight is 187 g/mol. The molecule has 0 aromatic heterocycles. The summed E-state index contributed by atoms with van der Waals surface area (Å²) in [5.74, 6) is 0.699. The summed E-state index contributed by atoms with van der Waals surface area (Å²) in [6.07, 6.45) is 1.80. The second-order valence-electron chi connectivity index (χ2n) is 2.90. The van der Waals surface area contributed by atoms with Crippen molar-refractivity contribution in [2.45, 2.75) is 26.9 Å². The van der Waals surface area contributed by atoms with Crippen LogP contribution in [0.4, 0.5) is 0 Å². The molecule has 0 spiro atoms. The first-order valence-electron chi connectivity index (χ1n) is 3.82. The van der Waals surface area contributed by atoms with Crippen molar-refractivity contribution >= 4 is 11.6 Å². The lowest BCUT2D eigenvalue weighted by Gasteiger charge is -2.13. The van der Waals surface area contributed by atoms with Gasteiger partial charge in [0.2, 0.25) is 0 Å². The van der Waals surface area contributed by atoms with Gasteiger partial charge in [-0.2, -0.15) is 0 Å². The molecule has 0 aliphatic rings. The second-order valence-corrected chi connectivity index (χ2v) is 3.39. The number of rotatable bonds is 4. The van der Waals surface area contributed by atoms with Gasteiger partial charge in [0.15, 0.2) is 0 Å².